The zero-order chi connectivity index (χ0) is 18.0. The number of carbonyl (C=O) groups is 2. The summed E-state index contributed by atoms with van der Waals surface area (Å²) in [5.74, 6) is -1.45. The van der Waals surface area contributed by atoms with E-state index >= 15 is 0 Å². The van der Waals surface area contributed by atoms with E-state index in [9.17, 15) is 18.4 Å². The second kappa shape index (κ2) is 7.13. The highest BCUT2D eigenvalue weighted by Gasteiger charge is 2.24. The van der Waals surface area contributed by atoms with Crippen molar-refractivity contribution in [3.63, 3.8) is 0 Å². The van der Waals surface area contributed by atoms with E-state index in [0.717, 1.165) is 11.6 Å². The summed E-state index contributed by atoms with van der Waals surface area (Å²) in [7, 11) is 0. The average molecular weight is 343 g/mol. The number of benzene rings is 2. The molecule has 1 amide bonds. The Morgan fingerprint density at radius 2 is 1.80 bits per heavy atom. The van der Waals surface area contributed by atoms with Gasteiger partial charge >= 0.3 is 0 Å². The number of ketones is 1. The number of halogens is 2. The van der Waals surface area contributed by atoms with Crippen molar-refractivity contribution in [1.82, 2.24) is 4.90 Å². The van der Waals surface area contributed by atoms with E-state index in [1.807, 2.05) is 19.1 Å². The Kier molecular flexibility index (Phi) is 4.93. The Morgan fingerprint density at radius 3 is 2.52 bits per heavy atom. The molecule has 0 N–H and O–H groups in total. The predicted molar refractivity (Wildman–Crippen MR) is 90.2 cm³/mol. The van der Waals surface area contributed by atoms with Crippen LogP contribution in [0.5, 0.6) is 0 Å². The Bertz CT molecular complexity index is 815. The van der Waals surface area contributed by atoms with Crippen LogP contribution in [0.1, 0.15) is 39.9 Å². The Hall–Kier alpha value is -2.56. The molecule has 1 heterocycles. The van der Waals surface area contributed by atoms with Crippen molar-refractivity contribution in [2.45, 2.75) is 32.7 Å². The minimum Gasteiger partial charge on any atom is -0.338 e. The third-order valence-corrected chi connectivity index (χ3v) is 4.54. The smallest absolute Gasteiger partial charge is 0.223 e. The molecule has 0 spiro atoms. The first kappa shape index (κ1) is 17.3. The zero-order valence-corrected chi connectivity index (χ0v) is 14.0. The molecule has 0 radical (unpaired) electrons. The van der Waals surface area contributed by atoms with Gasteiger partial charge in [0, 0.05) is 37.6 Å². The van der Waals surface area contributed by atoms with Crippen LogP contribution in [0.4, 0.5) is 8.78 Å². The van der Waals surface area contributed by atoms with Crippen LogP contribution < -0.4 is 0 Å². The molecule has 0 atom stereocenters. The van der Waals surface area contributed by atoms with Gasteiger partial charge in [-0.3, -0.25) is 9.59 Å². The molecular weight excluding hydrogens is 324 g/mol. The lowest BCUT2D eigenvalue weighted by Crippen LogP contribution is -2.36. The topological polar surface area (TPSA) is 37.4 Å². The molecule has 0 aromatic heterocycles. The summed E-state index contributed by atoms with van der Waals surface area (Å²) in [6.45, 7) is 2.51. The molecule has 0 saturated heterocycles. The normalized spacial score (nSPS) is 13.5. The van der Waals surface area contributed by atoms with Gasteiger partial charge in [0.2, 0.25) is 5.91 Å². The second-order valence-corrected chi connectivity index (χ2v) is 6.38. The van der Waals surface area contributed by atoms with Crippen LogP contribution in [0, 0.1) is 18.6 Å². The third-order valence-electron chi connectivity index (χ3n) is 4.54. The number of Topliss-reactive ketones (excluding diaryl/α,β-unsaturated/α-hetero) is 1. The maximum absolute atomic E-state index is 13.7. The summed E-state index contributed by atoms with van der Waals surface area (Å²) < 4.78 is 27.1. The lowest BCUT2D eigenvalue weighted by atomic mass is 9.98. The fourth-order valence-electron chi connectivity index (χ4n) is 3.08. The van der Waals surface area contributed by atoms with E-state index in [-0.39, 0.29) is 31.1 Å². The van der Waals surface area contributed by atoms with Gasteiger partial charge in [0.15, 0.2) is 5.78 Å². The Labute approximate surface area is 145 Å². The van der Waals surface area contributed by atoms with Crippen molar-refractivity contribution >= 4 is 11.7 Å². The number of nitrogens with zero attached hydrogens (tertiary/aromatic N) is 1. The molecule has 2 aromatic rings. The van der Waals surface area contributed by atoms with Crippen molar-refractivity contribution in [2.24, 2.45) is 0 Å². The van der Waals surface area contributed by atoms with Gasteiger partial charge in [-0.15, -0.1) is 0 Å². The standard InChI is InChI=1S/C20H19F2NO2/c1-13-2-4-14(5-3-13)19(24)6-7-20(25)23-9-8-17-15(12-23)10-16(21)11-18(17)22/h2-5,10-11H,6-9,12H2,1H3. The van der Waals surface area contributed by atoms with Gasteiger partial charge in [-0.2, -0.15) is 0 Å². The molecule has 0 saturated carbocycles. The van der Waals surface area contributed by atoms with Crippen LogP contribution in [0.3, 0.4) is 0 Å². The fourth-order valence-corrected chi connectivity index (χ4v) is 3.08. The fraction of sp³-hybridized carbons (Fsp3) is 0.300. The molecule has 130 valence electrons. The number of hydrogen-bond acceptors (Lipinski definition) is 2. The molecule has 0 fully saturated rings. The first-order valence-electron chi connectivity index (χ1n) is 8.28. The van der Waals surface area contributed by atoms with E-state index in [1.165, 1.54) is 6.07 Å². The van der Waals surface area contributed by atoms with Crippen LogP contribution in [-0.4, -0.2) is 23.1 Å². The quantitative estimate of drug-likeness (QED) is 0.792. The van der Waals surface area contributed by atoms with E-state index in [2.05, 4.69) is 0 Å². The SMILES string of the molecule is Cc1ccc(C(=O)CCC(=O)N2CCc3c(F)cc(F)cc3C2)cc1. The highest BCUT2D eigenvalue weighted by molar-refractivity contribution is 5.98. The molecule has 0 unspecified atom stereocenters. The summed E-state index contributed by atoms with van der Waals surface area (Å²) >= 11 is 0. The summed E-state index contributed by atoms with van der Waals surface area (Å²) in [5, 5.41) is 0. The van der Waals surface area contributed by atoms with Gasteiger partial charge in [0.1, 0.15) is 11.6 Å². The molecule has 0 bridgehead atoms. The summed E-state index contributed by atoms with van der Waals surface area (Å²) in [6.07, 6.45) is 0.585. The lowest BCUT2D eigenvalue weighted by Gasteiger charge is -2.29. The van der Waals surface area contributed by atoms with Crippen molar-refractivity contribution < 1.29 is 18.4 Å². The van der Waals surface area contributed by atoms with Gasteiger partial charge in [0.05, 0.1) is 0 Å². The largest absolute Gasteiger partial charge is 0.338 e. The van der Waals surface area contributed by atoms with Crippen molar-refractivity contribution in [2.75, 3.05) is 6.54 Å². The number of carbonyl (C=O) groups excluding carboxylic acids is 2. The van der Waals surface area contributed by atoms with Gasteiger partial charge in [-0.1, -0.05) is 29.8 Å². The molecule has 5 heteroatoms. The lowest BCUT2D eigenvalue weighted by molar-refractivity contribution is -0.132. The molecule has 1 aliphatic heterocycles. The maximum Gasteiger partial charge on any atom is 0.223 e. The zero-order valence-electron chi connectivity index (χ0n) is 14.0. The van der Waals surface area contributed by atoms with E-state index in [4.69, 9.17) is 0 Å². The van der Waals surface area contributed by atoms with Gasteiger partial charge in [-0.05, 0) is 30.5 Å². The second-order valence-electron chi connectivity index (χ2n) is 6.38. The van der Waals surface area contributed by atoms with Crippen LogP contribution >= 0.6 is 0 Å². The number of fused-ring (bicyclic) bond motifs is 1. The van der Waals surface area contributed by atoms with Gasteiger partial charge in [0.25, 0.3) is 0 Å². The third kappa shape index (κ3) is 3.92. The minimum absolute atomic E-state index is 0.0807. The first-order valence-corrected chi connectivity index (χ1v) is 8.28. The minimum atomic E-state index is -0.639. The average Bonchev–Trinajstić information content (AvgIpc) is 2.59. The van der Waals surface area contributed by atoms with Crippen molar-refractivity contribution in [3.8, 4) is 0 Å². The molecule has 0 aliphatic carbocycles. The predicted octanol–water partition coefficient (Wildman–Crippen LogP) is 3.82. The van der Waals surface area contributed by atoms with Crippen LogP contribution in [0.15, 0.2) is 36.4 Å². The van der Waals surface area contributed by atoms with E-state index in [0.29, 0.717) is 29.7 Å². The molecule has 25 heavy (non-hydrogen) atoms. The van der Waals surface area contributed by atoms with Gasteiger partial charge < -0.3 is 4.90 Å². The van der Waals surface area contributed by atoms with Gasteiger partial charge in [-0.25, -0.2) is 8.78 Å². The van der Waals surface area contributed by atoms with Crippen LogP contribution in [0.25, 0.3) is 0 Å². The maximum atomic E-state index is 13.7. The summed E-state index contributed by atoms with van der Waals surface area (Å²) in [5.41, 5.74) is 2.63. The number of aryl methyl sites for hydroxylation is 1. The molecule has 3 rings (SSSR count). The molecule has 3 nitrogen and oxygen atoms in total. The number of hydrogen-bond donors (Lipinski definition) is 0. The van der Waals surface area contributed by atoms with Crippen LogP contribution in [0.2, 0.25) is 0 Å². The summed E-state index contributed by atoms with van der Waals surface area (Å²) in [4.78, 5) is 26.1. The number of rotatable bonds is 4. The molecular formula is C20H19F2NO2. The molecule has 2 aromatic carbocycles. The Balaban J connectivity index is 1.60. The monoisotopic (exact) mass is 343 g/mol. The first-order chi connectivity index (χ1) is 11.9. The van der Waals surface area contributed by atoms with E-state index < -0.39 is 11.6 Å². The molecule has 1 aliphatic rings. The number of amides is 1. The Morgan fingerprint density at radius 1 is 1.08 bits per heavy atom. The van der Waals surface area contributed by atoms with Crippen molar-refractivity contribution in [1.29, 1.82) is 0 Å². The highest BCUT2D eigenvalue weighted by atomic mass is 19.1. The highest BCUT2D eigenvalue weighted by Crippen LogP contribution is 2.24. The van der Waals surface area contributed by atoms with Crippen molar-refractivity contribution in [3.05, 3.63) is 70.3 Å². The van der Waals surface area contributed by atoms with E-state index in [1.54, 1.807) is 17.0 Å². The summed E-state index contributed by atoms with van der Waals surface area (Å²) in [6, 6.07) is 9.38. The van der Waals surface area contributed by atoms with Crippen LogP contribution in [-0.2, 0) is 17.8 Å².